The second kappa shape index (κ2) is 7.11. The SMILES string of the molecule is NCC1CCN(C(=O)NCCCCC(=O)O)C1. The molecule has 0 aromatic carbocycles. The van der Waals surface area contributed by atoms with Crippen molar-refractivity contribution in [3.05, 3.63) is 0 Å². The van der Waals surface area contributed by atoms with E-state index in [1.807, 2.05) is 0 Å². The van der Waals surface area contributed by atoms with Gasteiger partial charge in [0, 0.05) is 26.1 Å². The highest BCUT2D eigenvalue weighted by atomic mass is 16.4. The quantitative estimate of drug-likeness (QED) is 0.582. The second-order valence-corrected chi connectivity index (χ2v) is 4.42. The summed E-state index contributed by atoms with van der Waals surface area (Å²) in [6, 6.07) is -0.0590. The number of carboxylic acid groups (broad SMARTS) is 1. The van der Waals surface area contributed by atoms with E-state index in [4.69, 9.17) is 10.8 Å². The van der Waals surface area contributed by atoms with E-state index in [1.54, 1.807) is 4.90 Å². The van der Waals surface area contributed by atoms with Crippen LogP contribution in [0.5, 0.6) is 0 Å². The average molecular weight is 243 g/mol. The zero-order valence-corrected chi connectivity index (χ0v) is 10.0. The third kappa shape index (κ3) is 5.04. The van der Waals surface area contributed by atoms with Crippen LogP contribution < -0.4 is 11.1 Å². The van der Waals surface area contributed by atoms with Crippen LogP contribution in [0.1, 0.15) is 25.7 Å². The second-order valence-electron chi connectivity index (χ2n) is 4.42. The smallest absolute Gasteiger partial charge is 0.317 e. The van der Waals surface area contributed by atoms with E-state index in [2.05, 4.69) is 5.32 Å². The lowest BCUT2D eigenvalue weighted by Crippen LogP contribution is -2.39. The lowest BCUT2D eigenvalue weighted by molar-refractivity contribution is -0.137. The molecule has 0 spiro atoms. The van der Waals surface area contributed by atoms with Gasteiger partial charge in [-0.3, -0.25) is 4.79 Å². The molecule has 6 heteroatoms. The first-order valence-corrected chi connectivity index (χ1v) is 6.08. The fraction of sp³-hybridized carbons (Fsp3) is 0.818. The van der Waals surface area contributed by atoms with Gasteiger partial charge in [0.05, 0.1) is 0 Å². The summed E-state index contributed by atoms with van der Waals surface area (Å²) in [6.07, 6.45) is 2.44. The number of carboxylic acids is 1. The lowest BCUT2D eigenvalue weighted by Gasteiger charge is -2.16. The molecule has 0 aliphatic carbocycles. The average Bonchev–Trinajstić information content (AvgIpc) is 2.76. The Hall–Kier alpha value is -1.30. The molecular weight excluding hydrogens is 222 g/mol. The van der Waals surface area contributed by atoms with E-state index in [1.165, 1.54) is 0 Å². The van der Waals surface area contributed by atoms with Crippen LogP contribution in [0.25, 0.3) is 0 Å². The maximum Gasteiger partial charge on any atom is 0.317 e. The number of hydrogen-bond donors (Lipinski definition) is 3. The lowest BCUT2D eigenvalue weighted by atomic mass is 10.1. The molecule has 1 atom stereocenters. The van der Waals surface area contributed by atoms with Gasteiger partial charge in [-0.05, 0) is 31.7 Å². The van der Waals surface area contributed by atoms with Gasteiger partial charge < -0.3 is 21.1 Å². The summed E-state index contributed by atoms with van der Waals surface area (Å²) < 4.78 is 0. The fourth-order valence-corrected chi connectivity index (χ4v) is 1.92. The number of nitrogens with one attached hydrogen (secondary N) is 1. The Morgan fingerprint density at radius 1 is 1.41 bits per heavy atom. The maximum atomic E-state index is 11.7. The summed E-state index contributed by atoms with van der Waals surface area (Å²) in [4.78, 5) is 23.7. The van der Waals surface area contributed by atoms with Crippen LogP contribution in [0.4, 0.5) is 4.79 Å². The fourth-order valence-electron chi connectivity index (χ4n) is 1.92. The van der Waals surface area contributed by atoms with E-state index < -0.39 is 5.97 Å². The molecule has 1 saturated heterocycles. The molecule has 1 unspecified atom stereocenters. The van der Waals surface area contributed by atoms with Crippen molar-refractivity contribution in [2.45, 2.75) is 25.7 Å². The normalized spacial score (nSPS) is 19.4. The first-order valence-electron chi connectivity index (χ1n) is 6.08. The van der Waals surface area contributed by atoms with Gasteiger partial charge in [0.25, 0.3) is 0 Å². The summed E-state index contributed by atoms with van der Waals surface area (Å²) in [6.45, 7) is 2.67. The molecule has 2 amide bonds. The van der Waals surface area contributed by atoms with Crippen molar-refractivity contribution in [3.8, 4) is 0 Å². The van der Waals surface area contributed by atoms with Gasteiger partial charge >= 0.3 is 12.0 Å². The van der Waals surface area contributed by atoms with Gasteiger partial charge in [-0.25, -0.2) is 4.79 Å². The van der Waals surface area contributed by atoms with Gasteiger partial charge in [0.15, 0.2) is 0 Å². The van der Waals surface area contributed by atoms with E-state index in [9.17, 15) is 9.59 Å². The molecule has 1 rings (SSSR count). The molecule has 0 bridgehead atoms. The summed E-state index contributed by atoms with van der Waals surface area (Å²) in [5.74, 6) is -0.366. The number of aliphatic carboxylic acids is 1. The number of carbonyl (C=O) groups is 2. The largest absolute Gasteiger partial charge is 0.481 e. The number of nitrogens with two attached hydrogens (primary N) is 1. The topological polar surface area (TPSA) is 95.7 Å². The van der Waals surface area contributed by atoms with Crippen LogP contribution in [0, 0.1) is 5.92 Å². The van der Waals surface area contributed by atoms with E-state index in [-0.39, 0.29) is 12.5 Å². The molecule has 1 heterocycles. The highest BCUT2D eigenvalue weighted by Gasteiger charge is 2.24. The van der Waals surface area contributed by atoms with Gasteiger partial charge in [0.2, 0.25) is 0 Å². The molecule has 0 radical (unpaired) electrons. The van der Waals surface area contributed by atoms with E-state index in [0.717, 1.165) is 19.5 Å². The van der Waals surface area contributed by atoms with Gasteiger partial charge in [-0.15, -0.1) is 0 Å². The molecule has 0 aromatic heterocycles. The van der Waals surface area contributed by atoms with Gasteiger partial charge in [-0.2, -0.15) is 0 Å². The number of hydrogen-bond acceptors (Lipinski definition) is 3. The number of likely N-dealkylation sites (tertiary alicyclic amines) is 1. The van der Waals surface area contributed by atoms with Crippen molar-refractivity contribution in [1.29, 1.82) is 0 Å². The Morgan fingerprint density at radius 2 is 2.18 bits per heavy atom. The predicted octanol–water partition coefficient (Wildman–Crippen LogP) is 0.231. The van der Waals surface area contributed by atoms with Crippen molar-refractivity contribution in [1.82, 2.24) is 10.2 Å². The highest BCUT2D eigenvalue weighted by Crippen LogP contribution is 2.14. The van der Waals surface area contributed by atoms with Gasteiger partial charge in [-0.1, -0.05) is 0 Å². The Labute approximate surface area is 101 Å². The molecular formula is C11H21N3O3. The van der Waals surface area contributed by atoms with Gasteiger partial charge in [0.1, 0.15) is 0 Å². The van der Waals surface area contributed by atoms with Crippen molar-refractivity contribution in [2.75, 3.05) is 26.2 Å². The number of urea groups is 1. The number of amides is 2. The zero-order valence-electron chi connectivity index (χ0n) is 10.0. The molecule has 1 aliphatic heterocycles. The van der Waals surface area contributed by atoms with Crippen LogP contribution in [0.2, 0.25) is 0 Å². The van der Waals surface area contributed by atoms with Crippen molar-refractivity contribution < 1.29 is 14.7 Å². The Morgan fingerprint density at radius 3 is 2.76 bits per heavy atom. The minimum absolute atomic E-state index is 0.0590. The molecule has 98 valence electrons. The summed E-state index contributed by atoms with van der Waals surface area (Å²) in [7, 11) is 0. The molecule has 17 heavy (non-hydrogen) atoms. The predicted molar refractivity (Wildman–Crippen MR) is 63.6 cm³/mol. The third-order valence-corrected chi connectivity index (χ3v) is 3.00. The minimum Gasteiger partial charge on any atom is -0.481 e. The molecule has 0 saturated carbocycles. The Bertz CT molecular complexity index is 271. The maximum absolute atomic E-state index is 11.7. The minimum atomic E-state index is -0.790. The Kier molecular flexibility index (Phi) is 5.76. The number of rotatable bonds is 6. The van der Waals surface area contributed by atoms with Crippen LogP contribution in [0.15, 0.2) is 0 Å². The standard InChI is InChI=1S/C11H21N3O3/c12-7-9-4-6-14(8-9)11(17)13-5-2-1-3-10(15)16/h9H,1-8,12H2,(H,13,17)(H,15,16). The van der Waals surface area contributed by atoms with Crippen LogP contribution in [0.3, 0.4) is 0 Å². The monoisotopic (exact) mass is 243 g/mol. The number of nitrogens with zero attached hydrogens (tertiary/aromatic N) is 1. The van der Waals surface area contributed by atoms with Crippen LogP contribution in [-0.4, -0.2) is 48.2 Å². The molecule has 6 nitrogen and oxygen atoms in total. The van der Waals surface area contributed by atoms with Crippen LogP contribution in [-0.2, 0) is 4.79 Å². The molecule has 0 aromatic rings. The Balaban J connectivity index is 2.07. The summed E-state index contributed by atoms with van der Waals surface area (Å²) >= 11 is 0. The van der Waals surface area contributed by atoms with Crippen molar-refractivity contribution >= 4 is 12.0 Å². The summed E-state index contributed by atoms with van der Waals surface area (Å²) in [5.41, 5.74) is 5.55. The van der Waals surface area contributed by atoms with E-state index in [0.29, 0.717) is 31.8 Å². The molecule has 4 N–H and O–H groups in total. The zero-order chi connectivity index (χ0) is 12.7. The first kappa shape index (κ1) is 13.8. The number of unbranched alkanes of at least 4 members (excludes halogenated alkanes) is 1. The van der Waals surface area contributed by atoms with E-state index >= 15 is 0 Å². The van der Waals surface area contributed by atoms with Crippen LogP contribution >= 0.6 is 0 Å². The third-order valence-electron chi connectivity index (χ3n) is 3.00. The van der Waals surface area contributed by atoms with Crippen molar-refractivity contribution in [3.63, 3.8) is 0 Å². The number of carbonyl (C=O) groups excluding carboxylic acids is 1. The highest BCUT2D eigenvalue weighted by molar-refractivity contribution is 5.74. The van der Waals surface area contributed by atoms with Crippen molar-refractivity contribution in [2.24, 2.45) is 11.7 Å². The summed E-state index contributed by atoms with van der Waals surface area (Å²) in [5, 5.41) is 11.2. The molecule has 1 aliphatic rings. The first-order chi connectivity index (χ1) is 8.13. The molecule has 1 fully saturated rings.